The second-order valence-corrected chi connectivity index (χ2v) is 4.08. The van der Waals surface area contributed by atoms with Crippen LogP contribution in [0.4, 0.5) is 4.39 Å². The van der Waals surface area contributed by atoms with Gasteiger partial charge in [0.05, 0.1) is 0 Å². The summed E-state index contributed by atoms with van der Waals surface area (Å²) >= 11 is 5.23. The van der Waals surface area contributed by atoms with E-state index in [0.717, 1.165) is 11.1 Å². The first kappa shape index (κ1) is 11.7. The van der Waals surface area contributed by atoms with Crippen molar-refractivity contribution < 1.29 is 4.39 Å². The van der Waals surface area contributed by atoms with Crippen LogP contribution in [0.15, 0.2) is 54.6 Å². The van der Waals surface area contributed by atoms with Crippen molar-refractivity contribution in [1.29, 1.82) is 0 Å². The van der Waals surface area contributed by atoms with Gasteiger partial charge in [0.1, 0.15) is 10.8 Å². The van der Waals surface area contributed by atoms with Gasteiger partial charge in [-0.05, 0) is 29.8 Å². The first-order valence-corrected chi connectivity index (χ1v) is 5.74. The molecule has 2 aromatic carbocycles. The lowest BCUT2D eigenvalue weighted by molar-refractivity contribution is 0.627. The van der Waals surface area contributed by atoms with Crippen LogP contribution < -0.4 is 5.32 Å². The lowest BCUT2D eigenvalue weighted by Gasteiger charge is -2.07. The Balaban J connectivity index is 1.96. The summed E-state index contributed by atoms with van der Waals surface area (Å²) < 4.78 is 12.7. The summed E-state index contributed by atoms with van der Waals surface area (Å²) in [6.07, 6.45) is 0. The van der Waals surface area contributed by atoms with Crippen LogP contribution in [0, 0.1) is 5.82 Å². The first-order chi connectivity index (χ1) is 8.25. The number of rotatable bonds is 3. The molecular formula is C14H12FNS. The van der Waals surface area contributed by atoms with Crippen LogP contribution in [0.2, 0.25) is 0 Å². The third kappa shape index (κ3) is 3.36. The van der Waals surface area contributed by atoms with Gasteiger partial charge >= 0.3 is 0 Å². The number of halogens is 1. The molecule has 17 heavy (non-hydrogen) atoms. The molecule has 0 unspecified atom stereocenters. The monoisotopic (exact) mass is 245 g/mol. The fraction of sp³-hybridized carbons (Fsp3) is 0.0714. The van der Waals surface area contributed by atoms with Crippen LogP contribution in [0.1, 0.15) is 11.1 Å². The predicted molar refractivity (Wildman–Crippen MR) is 71.4 cm³/mol. The minimum atomic E-state index is -0.250. The van der Waals surface area contributed by atoms with Gasteiger partial charge in [0.15, 0.2) is 0 Å². The maximum atomic E-state index is 12.7. The van der Waals surface area contributed by atoms with Crippen molar-refractivity contribution in [2.24, 2.45) is 0 Å². The highest BCUT2D eigenvalue weighted by atomic mass is 32.1. The number of hydrogen-bond donors (Lipinski definition) is 1. The van der Waals surface area contributed by atoms with Gasteiger partial charge in [0.25, 0.3) is 0 Å². The second-order valence-electron chi connectivity index (χ2n) is 3.68. The topological polar surface area (TPSA) is 12.0 Å². The smallest absolute Gasteiger partial charge is 0.123 e. The van der Waals surface area contributed by atoms with Crippen LogP contribution >= 0.6 is 12.2 Å². The zero-order valence-corrected chi connectivity index (χ0v) is 10.0. The summed E-state index contributed by atoms with van der Waals surface area (Å²) in [6.45, 7) is 0.678. The Hall–Kier alpha value is -1.74. The fourth-order valence-electron chi connectivity index (χ4n) is 1.48. The van der Waals surface area contributed by atoms with Gasteiger partial charge in [-0.2, -0.15) is 0 Å². The maximum absolute atomic E-state index is 12.7. The molecule has 0 aromatic heterocycles. The Bertz CT molecular complexity index is 493. The molecule has 1 nitrogen and oxygen atoms in total. The molecule has 0 saturated heterocycles. The molecule has 3 heteroatoms. The van der Waals surface area contributed by atoms with Crippen LogP contribution in [-0.2, 0) is 6.54 Å². The maximum Gasteiger partial charge on any atom is 0.123 e. The van der Waals surface area contributed by atoms with E-state index in [1.54, 1.807) is 12.1 Å². The normalized spacial score (nSPS) is 9.94. The molecule has 2 rings (SSSR count). The van der Waals surface area contributed by atoms with Gasteiger partial charge < -0.3 is 5.32 Å². The summed E-state index contributed by atoms with van der Waals surface area (Å²) in [5.74, 6) is -0.250. The SMILES string of the molecule is Fc1ccc(C(=S)NCc2ccccc2)cc1. The van der Waals surface area contributed by atoms with E-state index in [1.165, 1.54) is 12.1 Å². The van der Waals surface area contributed by atoms with Crippen molar-refractivity contribution in [2.45, 2.75) is 6.54 Å². The predicted octanol–water partition coefficient (Wildman–Crippen LogP) is 3.29. The molecule has 0 aliphatic carbocycles. The second kappa shape index (κ2) is 5.55. The highest BCUT2D eigenvalue weighted by Gasteiger charge is 2.00. The van der Waals surface area contributed by atoms with E-state index in [2.05, 4.69) is 5.32 Å². The van der Waals surface area contributed by atoms with Crippen molar-refractivity contribution >= 4 is 17.2 Å². The molecule has 0 bridgehead atoms. The van der Waals surface area contributed by atoms with Crippen molar-refractivity contribution in [3.05, 3.63) is 71.5 Å². The first-order valence-electron chi connectivity index (χ1n) is 5.33. The van der Waals surface area contributed by atoms with Gasteiger partial charge in [-0.1, -0.05) is 42.5 Å². The third-order valence-corrected chi connectivity index (χ3v) is 2.78. The lowest BCUT2D eigenvalue weighted by atomic mass is 10.2. The molecule has 0 atom stereocenters. The van der Waals surface area contributed by atoms with Crippen molar-refractivity contribution in [2.75, 3.05) is 0 Å². The van der Waals surface area contributed by atoms with E-state index in [9.17, 15) is 4.39 Å². The molecule has 86 valence electrons. The van der Waals surface area contributed by atoms with Crippen molar-refractivity contribution in [3.63, 3.8) is 0 Å². The van der Waals surface area contributed by atoms with E-state index in [-0.39, 0.29) is 5.82 Å². The lowest BCUT2D eigenvalue weighted by Crippen LogP contribution is -2.21. The van der Waals surface area contributed by atoms with Crippen LogP contribution in [0.5, 0.6) is 0 Å². The zero-order chi connectivity index (χ0) is 12.1. The molecule has 0 fully saturated rings. The van der Waals surface area contributed by atoms with E-state index in [0.29, 0.717) is 11.5 Å². The molecule has 0 aliphatic rings. The van der Waals surface area contributed by atoms with E-state index >= 15 is 0 Å². The quantitative estimate of drug-likeness (QED) is 0.833. The molecule has 0 aliphatic heterocycles. The molecule has 0 radical (unpaired) electrons. The molecule has 1 N–H and O–H groups in total. The largest absolute Gasteiger partial charge is 0.372 e. The zero-order valence-electron chi connectivity index (χ0n) is 9.19. The van der Waals surface area contributed by atoms with Crippen molar-refractivity contribution in [3.8, 4) is 0 Å². The Morgan fingerprint density at radius 2 is 1.65 bits per heavy atom. The highest BCUT2D eigenvalue weighted by Crippen LogP contribution is 2.04. The number of hydrogen-bond acceptors (Lipinski definition) is 1. The average molecular weight is 245 g/mol. The van der Waals surface area contributed by atoms with Crippen LogP contribution in [0.25, 0.3) is 0 Å². The van der Waals surface area contributed by atoms with Crippen molar-refractivity contribution in [1.82, 2.24) is 5.32 Å². The van der Waals surface area contributed by atoms with E-state index < -0.39 is 0 Å². The summed E-state index contributed by atoms with van der Waals surface area (Å²) in [4.78, 5) is 0.633. The van der Waals surface area contributed by atoms with Gasteiger partial charge in [-0.15, -0.1) is 0 Å². The summed E-state index contributed by atoms with van der Waals surface area (Å²) in [5, 5.41) is 3.14. The molecule has 0 heterocycles. The van der Waals surface area contributed by atoms with Crippen LogP contribution in [0.3, 0.4) is 0 Å². The Labute approximate surface area is 105 Å². The molecular weight excluding hydrogens is 233 g/mol. The Morgan fingerprint density at radius 3 is 2.29 bits per heavy atom. The molecule has 0 saturated carbocycles. The number of nitrogens with one attached hydrogen (secondary N) is 1. The highest BCUT2D eigenvalue weighted by molar-refractivity contribution is 7.80. The number of benzene rings is 2. The Morgan fingerprint density at radius 1 is 1.00 bits per heavy atom. The van der Waals surface area contributed by atoms with Gasteiger partial charge in [0, 0.05) is 12.1 Å². The molecule has 2 aromatic rings. The summed E-state index contributed by atoms with van der Waals surface area (Å²) in [6, 6.07) is 16.2. The summed E-state index contributed by atoms with van der Waals surface area (Å²) in [5.41, 5.74) is 1.99. The van der Waals surface area contributed by atoms with Gasteiger partial charge in [-0.3, -0.25) is 0 Å². The minimum Gasteiger partial charge on any atom is -0.372 e. The fourth-order valence-corrected chi connectivity index (χ4v) is 1.69. The van der Waals surface area contributed by atoms with Crippen LogP contribution in [-0.4, -0.2) is 4.99 Å². The number of thiocarbonyl (C=S) groups is 1. The van der Waals surface area contributed by atoms with Gasteiger partial charge in [-0.25, -0.2) is 4.39 Å². The summed E-state index contributed by atoms with van der Waals surface area (Å²) in [7, 11) is 0. The molecule has 0 spiro atoms. The van der Waals surface area contributed by atoms with E-state index in [1.807, 2.05) is 30.3 Å². The standard InChI is InChI=1S/C14H12FNS/c15-13-8-6-12(7-9-13)14(17)16-10-11-4-2-1-3-5-11/h1-9H,10H2,(H,16,17). The third-order valence-electron chi connectivity index (χ3n) is 2.40. The molecule has 0 amide bonds. The minimum absolute atomic E-state index is 0.250. The Kier molecular flexibility index (Phi) is 3.83. The van der Waals surface area contributed by atoms with Gasteiger partial charge in [0.2, 0.25) is 0 Å². The average Bonchev–Trinajstić information content (AvgIpc) is 2.38. The van der Waals surface area contributed by atoms with E-state index in [4.69, 9.17) is 12.2 Å².